The molecule has 0 bridgehead atoms. The number of pyridine rings is 1. The van der Waals surface area contributed by atoms with Crippen LogP contribution < -0.4 is 4.90 Å². The molecule has 3 aromatic rings. The number of carbonyl (C=O) groups is 1. The standard InChI is InChI=1S/C18H18F2N6O/c1-12(27)24-4-6-25(7-5-24)14-8-13(9-21-10-14)16-11-22-17-3-2-15(18(19)20)23-26(16)17/h2-3,8-11,18H,4-7H2,1H3. The van der Waals surface area contributed by atoms with Crippen molar-refractivity contribution in [1.29, 1.82) is 0 Å². The van der Waals surface area contributed by atoms with Gasteiger partial charge in [-0.25, -0.2) is 18.3 Å². The number of anilines is 1. The number of aromatic nitrogens is 4. The molecule has 1 aliphatic heterocycles. The second kappa shape index (κ2) is 6.90. The van der Waals surface area contributed by atoms with E-state index < -0.39 is 6.43 Å². The quantitative estimate of drug-likeness (QED) is 0.706. The molecular formula is C18H18F2N6O. The summed E-state index contributed by atoms with van der Waals surface area (Å²) in [7, 11) is 0. The Labute approximate surface area is 154 Å². The minimum absolute atomic E-state index is 0.0770. The highest BCUT2D eigenvalue weighted by Gasteiger charge is 2.20. The van der Waals surface area contributed by atoms with Crippen molar-refractivity contribution in [2.45, 2.75) is 13.3 Å². The van der Waals surface area contributed by atoms with E-state index in [1.807, 2.05) is 11.0 Å². The number of imidazole rings is 1. The van der Waals surface area contributed by atoms with Crippen LogP contribution in [0.3, 0.4) is 0 Å². The van der Waals surface area contributed by atoms with Crippen LogP contribution in [0, 0.1) is 0 Å². The number of piperazine rings is 1. The maximum atomic E-state index is 13.0. The summed E-state index contributed by atoms with van der Waals surface area (Å²) in [6, 6.07) is 4.74. The topological polar surface area (TPSA) is 66.6 Å². The number of amides is 1. The third-order valence-corrected chi connectivity index (χ3v) is 4.72. The molecule has 0 radical (unpaired) electrons. The molecule has 0 unspecified atom stereocenters. The van der Waals surface area contributed by atoms with Gasteiger partial charge in [-0.3, -0.25) is 9.78 Å². The first-order chi connectivity index (χ1) is 13.0. The molecule has 140 valence electrons. The first-order valence-corrected chi connectivity index (χ1v) is 8.61. The second-order valence-corrected chi connectivity index (χ2v) is 6.40. The van der Waals surface area contributed by atoms with Crippen molar-refractivity contribution in [3.63, 3.8) is 0 Å². The Morgan fingerprint density at radius 3 is 2.59 bits per heavy atom. The zero-order valence-electron chi connectivity index (χ0n) is 14.7. The van der Waals surface area contributed by atoms with E-state index in [-0.39, 0.29) is 11.6 Å². The predicted molar refractivity (Wildman–Crippen MR) is 95.6 cm³/mol. The SMILES string of the molecule is CC(=O)N1CCN(c2cncc(-c3cnc4ccc(C(F)F)nn34)c2)CC1. The van der Waals surface area contributed by atoms with Crippen LogP contribution >= 0.6 is 0 Å². The van der Waals surface area contributed by atoms with E-state index in [2.05, 4.69) is 20.0 Å². The first kappa shape index (κ1) is 17.3. The number of carbonyl (C=O) groups excluding carboxylic acids is 1. The Hall–Kier alpha value is -3.10. The van der Waals surface area contributed by atoms with Gasteiger partial charge in [-0.2, -0.15) is 5.10 Å². The lowest BCUT2D eigenvalue weighted by molar-refractivity contribution is -0.129. The van der Waals surface area contributed by atoms with Crippen LogP contribution in [-0.2, 0) is 4.79 Å². The molecule has 0 aliphatic carbocycles. The van der Waals surface area contributed by atoms with Crippen molar-refractivity contribution in [1.82, 2.24) is 24.5 Å². The zero-order valence-corrected chi connectivity index (χ0v) is 14.7. The minimum atomic E-state index is -2.65. The van der Waals surface area contributed by atoms with Crippen molar-refractivity contribution in [3.8, 4) is 11.3 Å². The number of rotatable bonds is 3. The van der Waals surface area contributed by atoms with Gasteiger partial charge in [0.25, 0.3) is 6.43 Å². The lowest BCUT2D eigenvalue weighted by atomic mass is 10.2. The summed E-state index contributed by atoms with van der Waals surface area (Å²) in [5.74, 6) is 0.0770. The van der Waals surface area contributed by atoms with Gasteiger partial charge < -0.3 is 9.80 Å². The average Bonchev–Trinajstić information content (AvgIpc) is 3.11. The van der Waals surface area contributed by atoms with Gasteiger partial charge in [-0.1, -0.05) is 0 Å². The summed E-state index contributed by atoms with van der Waals surface area (Å²) in [5, 5.41) is 4.00. The molecule has 7 nitrogen and oxygen atoms in total. The Bertz CT molecular complexity index is 981. The number of halogens is 2. The van der Waals surface area contributed by atoms with Gasteiger partial charge >= 0.3 is 0 Å². The van der Waals surface area contributed by atoms with Gasteiger partial charge in [0.05, 0.1) is 23.8 Å². The Kier molecular flexibility index (Phi) is 4.43. The van der Waals surface area contributed by atoms with E-state index in [1.165, 1.54) is 16.6 Å². The molecule has 4 heterocycles. The van der Waals surface area contributed by atoms with Gasteiger partial charge in [0.1, 0.15) is 5.69 Å². The summed E-state index contributed by atoms with van der Waals surface area (Å²) >= 11 is 0. The summed E-state index contributed by atoms with van der Waals surface area (Å²) in [6.45, 7) is 4.32. The fourth-order valence-corrected chi connectivity index (χ4v) is 3.22. The molecule has 0 atom stereocenters. The second-order valence-electron chi connectivity index (χ2n) is 6.40. The molecule has 4 rings (SSSR count). The average molecular weight is 372 g/mol. The van der Waals surface area contributed by atoms with Crippen molar-refractivity contribution >= 4 is 17.2 Å². The zero-order chi connectivity index (χ0) is 19.0. The Morgan fingerprint density at radius 2 is 1.89 bits per heavy atom. The van der Waals surface area contributed by atoms with E-state index in [9.17, 15) is 13.6 Å². The normalized spacial score (nSPS) is 15.0. The Morgan fingerprint density at radius 1 is 1.11 bits per heavy atom. The monoisotopic (exact) mass is 372 g/mol. The van der Waals surface area contributed by atoms with E-state index in [0.29, 0.717) is 37.5 Å². The smallest absolute Gasteiger partial charge is 0.282 e. The van der Waals surface area contributed by atoms with Crippen molar-refractivity contribution in [3.05, 3.63) is 42.5 Å². The van der Waals surface area contributed by atoms with Crippen molar-refractivity contribution in [2.75, 3.05) is 31.1 Å². The Balaban J connectivity index is 1.64. The van der Waals surface area contributed by atoms with Gasteiger partial charge in [0, 0.05) is 44.9 Å². The van der Waals surface area contributed by atoms with Crippen molar-refractivity contribution < 1.29 is 13.6 Å². The molecule has 27 heavy (non-hydrogen) atoms. The lowest BCUT2D eigenvalue weighted by Crippen LogP contribution is -2.48. The molecule has 9 heteroatoms. The predicted octanol–water partition coefficient (Wildman–Crippen LogP) is 2.40. The molecule has 0 aromatic carbocycles. The van der Waals surface area contributed by atoms with Crippen LogP contribution in [0.15, 0.2) is 36.8 Å². The van der Waals surface area contributed by atoms with Gasteiger partial charge in [-0.15, -0.1) is 0 Å². The molecule has 1 aliphatic rings. The van der Waals surface area contributed by atoms with Crippen LogP contribution in [0.5, 0.6) is 0 Å². The van der Waals surface area contributed by atoms with E-state index in [0.717, 1.165) is 11.3 Å². The third kappa shape index (κ3) is 3.32. The summed E-state index contributed by atoms with van der Waals surface area (Å²) < 4.78 is 27.4. The third-order valence-electron chi connectivity index (χ3n) is 4.72. The molecule has 3 aromatic heterocycles. The fraction of sp³-hybridized carbons (Fsp3) is 0.333. The first-order valence-electron chi connectivity index (χ1n) is 8.61. The molecular weight excluding hydrogens is 354 g/mol. The molecule has 1 amide bonds. The maximum Gasteiger partial charge on any atom is 0.282 e. The van der Waals surface area contributed by atoms with Gasteiger partial charge in [0.2, 0.25) is 5.91 Å². The largest absolute Gasteiger partial charge is 0.367 e. The number of hydrogen-bond donors (Lipinski definition) is 0. The molecule has 1 fully saturated rings. The maximum absolute atomic E-state index is 13.0. The van der Waals surface area contributed by atoms with Crippen LogP contribution in [0.1, 0.15) is 19.0 Å². The highest BCUT2D eigenvalue weighted by Crippen LogP contribution is 2.26. The van der Waals surface area contributed by atoms with E-state index in [1.54, 1.807) is 25.5 Å². The van der Waals surface area contributed by atoms with Crippen LogP contribution in [0.4, 0.5) is 14.5 Å². The number of fused-ring (bicyclic) bond motifs is 1. The molecule has 0 saturated carbocycles. The van der Waals surface area contributed by atoms with Crippen LogP contribution in [-0.4, -0.2) is 56.6 Å². The number of hydrogen-bond acceptors (Lipinski definition) is 5. The minimum Gasteiger partial charge on any atom is -0.367 e. The molecule has 0 N–H and O–H groups in total. The van der Waals surface area contributed by atoms with E-state index >= 15 is 0 Å². The van der Waals surface area contributed by atoms with Crippen LogP contribution in [0.2, 0.25) is 0 Å². The fourth-order valence-electron chi connectivity index (χ4n) is 3.22. The molecule has 1 saturated heterocycles. The van der Waals surface area contributed by atoms with Crippen molar-refractivity contribution in [2.24, 2.45) is 0 Å². The summed E-state index contributed by atoms with van der Waals surface area (Å²) in [4.78, 5) is 24.0. The van der Waals surface area contributed by atoms with Gasteiger partial charge in [0.15, 0.2) is 5.65 Å². The number of alkyl halides is 2. The number of nitrogens with zero attached hydrogens (tertiary/aromatic N) is 6. The highest BCUT2D eigenvalue weighted by molar-refractivity contribution is 5.73. The highest BCUT2D eigenvalue weighted by atomic mass is 19.3. The van der Waals surface area contributed by atoms with Crippen LogP contribution in [0.25, 0.3) is 16.9 Å². The summed E-state index contributed by atoms with van der Waals surface area (Å²) in [6.07, 6.45) is 2.38. The summed E-state index contributed by atoms with van der Waals surface area (Å²) in [5.41, 5.74) is 2.45. The van der Waals surface area contributed by atoms with E-state index in [4.69, 9.17) is 0 Å². The molecule has 0 spiro atoms. The van der Waals surface area contributed by atoms with Gasteiger partial charge in [-0.05, 0) is 18.2 Å². The lowest BCUT2D eigenvalue weighted by Gasteiger charge is -2.35.